The first-order valence-corrected chi connectivity index (χ1v) is 8.13. The van der Waals surface area contributed by atoms with E-state index in [1.54, 1.807) is 6.20 Å². The molecule has 1 N–H and O–H groups in total. The van der Waals surface area contributed by atoms with E-state index in [4.69, 9.17) is 16.3 Å². The van der Waals surface area contributed by atoms with E-state index in [2.05, 4.69) is 32.3 Å². The highest BCUT2D eigenvalue weighted by atomic mass is 79.9. The number of rotatable bonds is 6. The van der Waals surface area contributed by atoms with Crippen molar-refractivity contribution < 1.29 is 4.74 Å². The van der Waals surface area contributed by atoms with Crippen molar-refractivity contribution in [3.63, 3.8) is 0 Å². The summed E-state index contributed by atoms with van der Waals surface area (Å²) in [5, 5.41) is 4.20. The maximum absolute atomic E-state index is 5.98. The van der Waals surface area contributed by atoms with Crippen LogP contribution in [-0.4, -0.2) is 11.0 Å². The van der Waals surface area contributed by atoms with Gasteiger partial charge in [-0.15, -0.1) is 0 Å². The molecule has 0 saturated heterocycles. The molecule has 0 aliphatic heterocycles. The van der Waals surface area contributed by atoms with Gasteiger partial charge in [0.15, 0.2) is 0 Å². The van der Waals surface area contributed by atoms with Crippen LogP contribution >= 0.6 is 27.5 Å². The Balaban J connectivity index is 1.68. The molecule has 5 heteroatoms. The van der Waals surface area contributed by atoms with Crippen LogP contribution in [0.25, 0.3) is 0 Å². The Hall–Kier alpha value is -1.10. The predicted octanol–water partition coefficient (Wildman–Crippen LogP) is 4.33. The summed E-state index contributed by atoms with van der Waals surface area (Å²) < 4.78 is 6.82. The fourth-order valence-electron chi connectivity index (χ4n) is 2.05. The highest BCUT2D eigenvalue weighted by Crippen LogP contribution is 2.24. The molecule has 3 rings (SSSR count). The number of pyridine rings is 1. The number of benzene rings is 1. The number of nitrogens with zero attached hydrogens (tertiary/aromatic N) is 1. The predicted molar refractivity (Wildman–Crippen MR) is 87.6 cm³/mol. The molecule has 1 aliphatic carbocycles. The largest absolute Gasteiger partial charge is 0.473 e. The molecule has 1 aromatic carbocycles. The molecule has 1 aliphatic rings. The van der Waals surface area contributed by atoms with Crippen LogP contribution in [0.2, 0.25) is 5.02 Å². The lowest BCUT2D eigenvalue weighted by Crippen LogP contribution is -2.16. The first-order valence-electron chi connectivity index (χ1n) is 6.96. The molecule has 0 spiro atoms. The normalized spacial score (nSPS) is 14.2. The zero-order valence-corrected chi connectivity index (χ0v) is 13.8. The van der Waals surface area contributed by atoms with Crippen LogP contribution in [-0.2, 0) is 13.2 Å². The van der Waals surface area contributed by atoms with Crippen LogP contribution in [0.4, 0.5) is 0 Å². The third-order valence-electron chi connectivity index (χ3n) is 3.32. The molecular weight excluding hydrogens is 352 g/mol. The van der Waals surface area contributed by atoms with E-state index >= 15 is 0 Å². The summed E-state index contributed by atoms with van der Waals surface area (Å²) in [6, 6.07) is 10.4. The van der Waals surface area contributed by atoms with E-state index in [0.29, 0.717) is 18.5 Å². The minimum absolute atomic E-state index is 0.464. The summed E-state index contributed by atoms with van der Waals surface area (Å²) in [5.74, 6) is 0.673. The second-order valence-electron chi connectivity index (χ2n) is 5.19. The van der Waals surface area contributed by atoms with Crippen LogP contribution in [0.1, 0.15) is 24.0 Å². The standard InChI is InChI=1S/C16H16BrClN2O/c17-13-7-12(8-19-15-4-5-15)16(20-9-13)21-10-11-2-1-3-14(18)6-11/h1-3,6-7,9,15,19H,4-5,8,10H2. The molecule has 1 fully saturated rings. The van der Waals surface area contributed by atoms with Gasteiger partial charge in [0, 0.05) is 33.8 Å². The third kappa shape index (κ3) is 4.43. The number of nitrogens with one attached hydrogen (secondary N) is 1. The summed E-state index contributed by atoms with van der Waals surface area (Å²) in [6.45, 7) is 1.24. The van der Waals surface area contributed by atoms with Gasteiger partial charge in [-0.1, -0.05) is 23.7 Å². The second kappa shape index (κ2) is 6.77. The molecule has 110 valence electrons. The molecule has 3 nitrogen and oxygen atoms in total. The lowest BCUT2D eigenvalue weighted by molar-refractivity contribution is 0.289. The van der Waals surface area contributed by atoms with Gasteiger partial charge < -0.3 is 10.1 Å². The molecule has 0 radical (unpaired) electrons. The number of ether oxygens (including phenoxy) is 1. The number of hydrogen-bond acceptors (Lipinski definition) is 3. The van der Waals surface area contributed by atoms with Crippen molar-refractivity contribution in [2.75, 3.05) is 0 Å². The molecule has 1 saturated carbocycles. The molecule has 0 atom stereocenters. The summed E-state index contributed by atoms with van der Waals surface area (Å²) >= 11 is 9.44. The van der Waals surface area contributed by atoms with Crippen LogP contribution in [0.3, 0.4) is 0 Å². The van der Waals surface area contributed by atoms with E-state index in [9.17, 15) is 0 Å². The van der Waals surface area contributed by atoms with Gasteiger partial charge in [-0.25, -0.2) is 4.98 Å². The molecule has 21 heavy (non-hydrogen) atoms. The maximum atomic E-state index is 5.98. The first-order chi connectivity index (χ1) is 10.2. The van der Waals surface area contributed by atoms with E-state index in [-0.39, 0.29) is 0 Å². The van der Waals surface area contributed by atoms with Gasteiger partial charge in [0.1, 0.15) is 6.61 Å². The minimum atomic E-state index is 0.464. The van der Waals surface area contributed by atoms with Crippen molar-refractivity contribution in [1.29, 1.82) is 0 Å². The quantitative estimate of drug-likeness (QED) is 0.825. The van der Waals surface area contributed by atoms with Gasteiger partial charge in [0.25, 0.3) is 0 Å². The second-order valence-corrected chi connectivity index (χ2v) is 6.54. The van der Waals surface area contributed by atoms with Gasteiger partial charge >= 0.3 is 0 Å². The maximum Gasteiger partial charge on any atom is 0.218 e. The Morgan fingerprint density at radius 3 is 2.95 bits per heavy atom. The van der Waals surface area contributed by atoms with Crippen molar-refractivity contribution in [3.8, 4) is 5.88 Å². The summed E-state index contributed by atoms with van der Waals surface area (Å²) in [7, 11) is 0. The Labute approximate surface area is 137 Å². The van der Waals surface area contributed by atoms with Gasteiger partial charge in [0.2, 0.25) is 5.88 Å². The van der Waals surface area contributed by atoms with Crippen molar-refractivity contribution in [2.45, 2.75) is 32.0 Å². The molecule has 1 heterocycles. The van der Waals surface area contributed by atoms with Gasteiger partial charge in [-0.05, 0) is 52.5 Å². The van der Waals surface area contributed by atoms with E-state index in [1.165, 1.54) is 12.8 Å². The smallest absolute Gasteiger partial charge is 0.218 e. The lowest BCUT2D eigenvalue weighted by Gasteiger charge is -2.11. The van der Waals surface area contributed by atoms with E-state index in [1.807, 2.05) is 24.3 Å². The van der Waals surface area contributed by atoms with Gasteiger partial charge in [-0.3, -0.25) is 0 Å². The van der Waals surface area contributed by atoms with Crippen LogP contribution in [0.15, 0.2) is 41.0 Å². The zero-order chi connectivity index (χ0) is 14.7. The van der Waals surface area contributed by atoms with E-state index in [0.717, 1.165) is 27.2 Å². The molecular formula is C16H16BrClN2O. The highest BCUT2D eigenvalue weighted by molar-refractivity contribution is 9.10. The van der Waals surface area contributed by atoms with Crippen LogP contribution in [0.5, 0.6) is 5.88 Å². The van der Waals surface area contributed by atoms with E-state index < -0.39 is 0 Å². The topological polar surface area (TPSA) is 34.1 Å². The lowest BCUT2D eigenvalue weighted by atomic mass is 10.2. The SMILES string of the molecule is Clc1cccc(COc2ncc(Br)cc2CNC2CC2)c1. The first kappa shape index (κ1) is 14.8. The average Bonchev–Trinajstić information content (AvgIpc) is 3.28. The van der Waals surface area contributed by atoms with Crippen LogP contribution in [0, 0.1) is 0 Å². The molecule has 2 aromatic rings. The Kier molecular flexibility index (Phi) is 4.78. The van der Waals surface area contributed by atoms with Crippen molar-refractivity contribution in [3.05, 3.63) is 57.2 Å². The number of aromatic nitrogens is 1. The summed E-state index contributed by atoms with van der Waals surface area (Å²) in [6.07, 6.45) is 4.29. The molecule has 0 amide bonds. The molecule has 1 aromatic heterocycles. The third-order valence-corrected chi connectivity index (χ3v) is 3.98. The minimum Gasteiger partial charge on any atom is -0.473 e. The molecule has 0 unspecified atom stereocenters. The van der Waals surface area contributed by atoms with Crippen molar-refractivity contribution in [1.82, 2.24) is 10.3 Å². The molecule has 0 bridgehead atoms. The average molecular weight is 368 g/mol. The fraction of sp³-hybridized carbons (Fsp3) is 0.312. The zero-order valence-electron chi connectivity index (χ0n) is 11.5. The van der Waals surface area contributed by atoms with Gasteiger partial charge in [-0.2, -0.15) is 0 Å². The number of halogens is 2. The van der Waals surface area contributed by atoms with Gasteiger partial charge in [0.05, 0.1) is 0 Å². The van der Waals surface area contributed by atoms with Crippen molar-refractivity contribution in [2.24, 2.45) is 0 Å². The Morgan fingerprint density at radius 1 is 1.33 bits per heavy atom. The highest BCUT2D eigenvalue weighted by Gasteiger charge is 2.21. The fourth-order valence-corrected chi connectivity index (χ4v) is 2.64. The summed E-state index contributed by atoms with van der Waals surface area (Å²) in [5.41, 5.74) is 2.10. The Bertz CT molecular complexity index is 631. The van der Waals surface area contributed by atoms with Crippen molar-refractivity contribution >= 4 is 27.5 Å². The monoisotopic (exact) mass is 366 g/mol. The van der Waals surface area contributed by atoms with Crippen LogP contribution < -0.4 is 10.1 Å². The Morgan fingerprint density at radius 2 is 2.19 bits per heavy atom. The number of hydrogen-bond donors (Lipinski definition) is 1. The summed E-state index contributed by atoms with van der Waals surface area (Å²) in [4.78, 5) is 4.37.